The molecule has 20 heavy (non-hydrogen) atoms. The van der Waals surface area contributed by atoms with Crippen LogP contribution in [0.15, 0.2) is 24.3 Å². The van der Waals surface area contributed by atoms with Gasteiger partial charge < -0.3 is 4.74 Å². The van der Waals surface area contributed by atoms with Crippen molar-refractivity contribution in [2.24, 2.45) is 5.41 Å². The zero-order valence-corrected chi connectivity index (χ0v) is 11.0. The van der Waals surface area contributed by atoms with Crippen molar-refractivity contribution in [2.45, 2.75) is 25.2 Å². The molecule has 0 bridgehead atoms. The molecular weight excluding hydrogens is 261 g/mol. The predicted octanol–water partition coefficient (Wildman–Crippen LogP) is 1.75. The van der Waals surface area contributed by atoms with E-state index in [2.05, 4.69) is 5.32 Å². The minimum atomic E-state index is -0.491. The van der Waals surface area contributed by atoms with E-state index in [0.29, 0.717) is 13.2 Å². The number of ether oxygens (including phenoxy) is 1. The second kappa shape index (κ2) is 4.98. The molecule has 5 heteroatoms. The fourth-order valence-corrected chi connectivity index (χ4v) is 3.35. The third-order valence-corrected chi connectivity index (χ3v) is 4.21. The van der Waals surface area contributed by atoms with Gasteiger partial charge in [-0.2, -0.15) is 0 Å². The largest absolute Gasteiger partial charge is 0.381 e. The monoisotopic (exact) mass is 277 g/mol. The molecule has 1 spiro atoms. The number of benzene rings is 1. The van der Waals surface area contributed by atoms with Gasteiger partial charge in [0, 0.05) is 18.4 Å². The fraction of sp³-hybridized carbons (Fsp3) is 0.467. The topological polar surface area (TPSA) is 55.4 Å². The van der Waals surface area contributed by atoms with Gasteiger partial charge in [-0.15, -0.1) is 0 Å². The molecule has 2 saturated heterocycles. The maximum atomic E-state index is 13.1. The second-order valence-electron chi connectivity index (χ2n) is 5.59. The van der Waals surface area contributed by atoms with Crippen molar-refractivity contribution in [3.63, 3.8) is 0 Å². The van der Waals surface area contributed by atoms with Gasteiger partial charge in [0.25, 0.3) is 0 Å². The highest BCUT2D eigenvalue weighted by Gasteiger charge is 2.50. The van der Waals surface area contributed by atoms with Crippen LogP contribution in [0.1, 0.15) is 30.7 Å². The van der Waals surface area contributed by atoms with Gasteiger partial charge in [0.2, 0.25) is 11.8 Å². The summed E-state index contributed by atoms with van der Waals surface area (Å²) in [5.74, 6) is -1.35. The first-order valence-electron chi connectivity index (χ1n) is 6.78. The van der Waals surface area contributed by atoms with Crippen LogP contribution >= 0.6 is 0 Å². The number of amides is 2. The zero-order chi connectivity index (χ0) is 14.2. The molecule has 0 radical (unpaired) electrons. The fourth-order valence-electron chi connectivity index (χ4n) is 3.35. The van der Waals surface area contributed by atoms with Crippen molar-refractivity contribution in [2.75, 3.05) is 13.2 Å². The zero-order valence-electron chi connectivity index (χ0n) is 11.0. The normalized spacial score (nSPS) is 30.4. The molecule has 1 N–H and O–H groups in total. The molecule has 2 aliphatic heterocycles. The van der Waals surface area contributed by atoms with Crippen molar-refractivity contribution >= 4 is 11.8 Å². The predicted molar refractivity (Wildman–Crippen MR) is 69.4 cm³/mol. The van der Waals surface area contributed by atoms with E-state index >= 15 is 0 Å². The summed E-state index contributed by atoms with van der Waals surface area (Å²) in [5, 5.41) is 2.39. The first-order chi connectivity index (χ1) is 9.61. The first kappa shape index (κ1) is 13.2. The van der Waals surface area contributed by atoms with Crippen molar-refractivity contribution in [3.05, 3.63) is 35.6 Å². The van der Waals surface area contributed by atoms with E-state index in [4.69, 9.17) is 4.74 Å². The summed E-state index contributed by atoms with van der Waals surface area (Å²) in [7, 11) is 0. The van der Waals surface area contributed by atoms with Gasteiger partial charge in [-0.1, -0.05) is 12.1 Å². The summed E-state index contributed by atoms with van der Waals surface area (Å²) < 4.78 is 18.6. The number of rotatable bonds is 1. The number of carbonyl (C=O) groups is 2. The SMILES string of the molecule is O=C1CC2(CCCOC2)C(c2ccc(F)cc2)C(=O)N1. The van der Waals surface area contributed by atoms with Gasteiger partial charge in [0.1, 0.15) is 5.82 Å². The van der Waals surface area contributed by atoms with Gasteiger partial charge in [-0.05, 0) is 30.5 Å². The molecule has 2 aliphatic rings. The molecule has 0 aliphatic carbocycles. The molecule has 1 aromatic carbocycles. The molecule has 2 heterocycles. The Morgan fingerprint density at radius 1 is 1.25 bits per heavy atom. The molecule has 1 aromatic rings. The second-order valence-corrected chi connectivity index (χ2v) is 5.59. The van der Waals surface area contributed by atoms with E-state index in [1.807, 2.05) is 0 Å². The van der Waals surface area contributed by atoms with Gasteiger partial charge in [-0.25, -0.2) is 4.39 Å². The number of piperidine rings is 1. The lowest BCUT2D eigenvalue weighted by molar-refractivity contribution is -0.146. The Labute approximate surface area is 116 Å². The number of halogens is 1. The van der Waals surface area contributed by atoms with Crippen LogP contribution in [-0.2, 0) is 14.3 Å². The van der Waals surface area contributed by atoms with Crippen LogP contribution in [0, 0.1) is 11.2 Å². The third-order valence-electron chi connectivity index (χ3n) is 4.21. The van der Waals surface area contributed by atoms with Gasteiger partial charge in [0.05, 0.1) is 12.5 Å². The Bertz CT molecular complexity index is 535. The van der Waals surface area contributed by atoms with Crippen molar-refractivity contribution in [1.82, 2.24) is 5.32 Å². The summed E-state index contributed by atoms with van der Waals surface area (Å²) in [6, 6.07) is 5.92. The third kappa shape index (κ3) is 2.22. The van der Waals surface area contributed by atoms with Gasteiger partial charge in [-0.3, -0.25) is 14.9 Å². The Kier molecular flexibility index (Phi) is 3.30. The van der Waals surface area contributed by atoms with Crippen LogP contribution in [0.25, 0.3) is 0 Å². The summed E-state index contributed by atoms with van der Waals surface area (Å²) in [6.45, 7) is 1.06. The van der Waals surface area contributed by atoms with Crippen LogP contribution in [0.2, 0.25) is 0 Å². The number of imide groups is 1. The summed E-state index contributed by atoms with van der Waals surface area (Å²) in [5.41, 5.74) is 0.247. The lowest BCUT2D eigenvalue weighted by atomic mass is 9.64. The van der Waals surface area contributed by atoms with Gasteiger partial charge >= 0.3 is 0 Å². The van der Waals surface area contributed by atoms with Crippen molar-refractivity contribution < 1.29 is 18.7 Å². The maximum absolute atomic E-state index is 13.1. The Hall–Kier alpha value is -1.75. The van der Waals surface area contributed by atoms with E-state index in [-0.39, 0.29) is 24.1 Å². The molecule has 2 atom stereocenters. The quantitative estimate of drug-likeness (QED) is 0.796. The minimum absolute atomic E-state index is 0.251. The molecule has 0 saturated carbocycles. The smallest absolute Gasteiger partial charge is 0.234 e. The van der Waals surface area contributed by atoms with E-state index in [0.717, 1.165) is 18.4 Å². The average Bonchev–Trinajstić information content (AvgIpc) is 2.41. The van der Waals surface area contributed by atoms with Crippen LogP contribution < -0.4 is 5.32 Å². The minimum Gasteiger partial charge on any atom is -0.381 e. The van der Waals surface area contributed by atoms with Crippen molar-refractivity contribution in [3.8, 4) is 0 Å². The highest BCUT2D eigenvalue weighted by atomic mass is 19.1. The summed E-state index contributed by atoms with van der Waals surface area (Å²) in [4.78, 5) is 24.0. The van der Waals surface area contributed by atoms with E-state index in [1.54, 1.807) is 12.1 Å². The summed E-state index contributed by atoms with van der Waals surface area (Å²) in [6.07, 6.45) is 1.88. The van der Waals surface area contributed by atoms with E-state index in [1.165, 1.54) is 12.1 Å². The van der Waals surface area contributed by atoms with Crippen molar-refractivity contribution in [1.29, 1.82) is 0 Å². The molecule has 0 aromatic heterocycles. The number of hydrogen-bond acceptors (Lipinski definition) is 3. The molecule has 2 fully saturated rings. The Morgan fingerprint density at radius 3 is 2.65 bits per heavy atom. The molecule has 4 nitrogen and oxygen atoms in total. The first-order valence-corrected chi connectivity index (χ1v) is 6.78. The standard InChI is InChI=1S/C15H16FNO3/c16-11-4-2-10(3-5-11)13-14(19)17-12(18)8-15(13)6-1-7-20-9-15/h2-5,13H,1,6-9H2,(H,17,18,19). The average molecular weight is 277 g/mol. The van der Waals surface area contributed by atoms with Gasteiger partial charge in [0.15, 0.2) is 0 Å². The van der Waals surface area contributed by atoms with Crippen LogP contribution in [-0.4, -0.2) is 25.0 Å². The highest BCUT2D eigenvalue weighted by Crippen LogP contribution is 2.47. The molecule has 3 rings (SSSR count). The van der Waals surface area contributed by atoms with Crippen LogP contribution in [0.4, 0.5) is 4.39 Å². The lowest BCUT2D eigenvalue weighted by Crippen LogP contribution is -2.53. The molecule has 2 amide bonds. The Balaban J connectivity index is 2.01. The molecule has 2 unspecified atom stereocenters. The van der Waals surface area contributed by atoms with E-state index in [9.17, 15) is 14.0 Å². The summed E-state index contributed by atoms with van der Waals surface area (Å²) >= 11 is 0. The number of hydrogen-bond donors (Lipinski definition) is 1. The Morgan fingerprint density at radius 2 is 2.00 bits per heavy atom. The lowest BCUT2D eigenvalue weighted by Gasteiger charge is -2.44. The molecular formula is C15H16FNO3. The van der Waals surface area contributed by atoms with E-state index < -0.39 is 11.3 Å². The van der Waals surface area contributed by atoms with Crippen LogP contribution in [0.5, 0.6) is 0 Å². The number of carbonyl (C=O) groups excluding carboxylic acids is 2. The maximum Gasteiger partial charge on any atom is 0.234 e. The highest BCUT2D eigenvalue weighted by molar-refractivity contribution is 6.02. The number of nitrogens with one attached hydrogen (secondary N) is 1. The van der Waals surface area contributed by atoms with Crippen LogP contribution in [0.3, 0.4) is 0 Å². The molecule has 106 valence electrons.